The molecule has 10 heavy (non-hydrogen) atoms. The van der Waals surface area contributed by atoms with Gasteiger partial charge in [0.05, 0.1) is 0 Å². The van der Waals surface area contributed by atoms with E-state index < -0.39 is 7.60 Å². The van der Waals surface area contributed by atoms with E-state index in [1.54, 1.807) is 0 Å². The normalized spacial score (nSPS) is 10.7. The molecule has 0 saturated heterocycles. The number of hydrogen-bond donors (Lipinski definition) is 2. The summed E-state index contributed by atoms with van der Waals surface area (Å²) >= 11 is 0. The van der Waals surface area contributed by atoms with Gasteiger partial charge in [0.2, 0.25) is 0 Å². The Morgan fingerprint density at radius 2 is 1.80 bits per heavy atom. The van der Waals surface area contributed by atoms with Crippen molar-refractivity contribution in [1.29, 1.82) is 0 Å². The van der Waals surface area contributed by atoms with Gasteiger partial charge in [-0.2, -0.15) is 0 Å². The summed E-state index contributed by atoms with van der Waals surface area (Å²) in [6.45, 7) is 2.00. The Morgan fingerprint density at radius 3 is 2.10 bits per heavy atom. The van der Waals surface area contributed by atoms with Gasteiger partial charge in [-0.1, -0.05) is 19.8 Å². The molecule has 0 aliphatic carbocycles. The van der Waals surface area contributed by atoms with Crippen LogP contribution in [0.1, 0.15) is 26.2 Å². The molecule has 3 nitrogen and oxygen atoms in total. The minimum absolute atomic E-state index is 0. The van der Waals surface area contributed by atoms with Crippen LogP contribution >= 0.6 is 7.60 Å². The quantitative estimate of drug-likeness (QED) is 0.392. The van der Waals surface area contributed by atoms with Crippen molar-refractivity contribution in [2.24, 2.45) is 0 Å². The fourth-order valence-corrected chi connectivity index (χ4v) is 1.20. The summed E-state index contributed by atoms with van der Waals surface area (Å²) in [5.41, 5.74) is 0. The Bertz CT molecular complexity index is 111. The van der Waals surface area contributed by atoms with Gasteiger partial charge in [-0.15, -0.1) is 0 Å². The predicted octanol–water partition coefficient (Wildman–Crippen LogP) is 0.706. The second-order valence-electron chi connectivity index (χ2n) is 2.10. The molecular weight excluding hydrogens is 178 g/mol. The van der Waals surface area contributed by atoms with Crippen molar-refractivity contribution in [3.05, 3.63) is 0 Å². The third-order valence-electron chi connectivity index (χ3n) is 1.05. The summed E-state index contributed by atoms with van der Waals surface area (Å²) in [6, 6.07) is 0. The van der Waals surface area contributed by atoms with Crippen LogP contribution in [-0.4, -0.2) is 67.3 Å². The van der Waals surface area contributed by atoms with E-state index in [0.717, 1.165) is 12.8 Å². The van der Waals surface area contributed by atoms with E-state index in [9.17, 15) is 4.57 Å². The molecule has 0 aliphatic heterocycles. The first kappa shape index (κ1) is 14.3. The zero-order valence-corrected chi connectivity index (χ0v) is 6.47. The van der Waals surface area contributed by atoms with Crippen molar-refractivity contribution in [2.45, 2.75) is 26.2 Å². The fraction of sp³-hybridized carbons (Fsp3) is 1.00. The van der Waals surface area contributed by atoms with Crippen molar-refractivity contribution in [3.8, 4) is 0 Å². The summed E-state index contributed by atoms with van der Waals surface area (Å²) in [7, 11) is -3.70. The third kappa shape index (κ3) is 12.5. The Kier molecular flexibility index (Phi) is 10.6. The standard InChI is InChI=1S/C5H13O3P.K.H/c1-2-3-4-5-9(6,7)8;;/h2-5H2,1H3,(H2,6,7,8);;. The molecule has 0 fully saturated rings. The van der Waals surface area contributed by atoms with E-state index in [1.165, 1.54) is 0 Å². The van der Waals surface area contributed by atoms with E-state index in [-0.39, 0.29) is 57.5 Å². The summed E-state index contributed by atoms with van der Waals surface area (Å²) in [5, 5.41) is 0. The van der Waals surface area contributed by atoms with Crippen LogP contribution in [0.5, 0.6) is 0 Å². The average molecular weight is 192 g/mol. The van der Waals surface area contributed by atoms with Crippen molar-refractivity contribution in [3.63, 3.8) is 0 Å². The molecule has 2 N–H and O–H groups in total. The molecule has 0 saturated carbocycles. The Morgan fingerprint density at radius 1 is 1.30 bits per heavy atom. The SMILES string of the molecule is CCCCCP(=O)(O)O.[KH]. The van der Waals surface area contributed by atoms with Crippen LogP contribution in [-0.2, 0) is 4.57 Å². The molecule has 0 heterocycles. The Balaban J connectivity index is 0. The van der Waals surface area contributed by atoms with E-state index in [4.69, 9.17) is 9.79 Å². The van der Waals surface area contributed by atoms with Crippen molar-refractivity contribution in [1.82, 2.24) is 0 Å². The first-order valence-corrected chi connectivity index (χ1v) is 4.90. The van der Waals surface area contributed by atoms with E-state index in [1.807, 2.05) is 6.92 Å². The van der Waals surface area contributed by atoms with E-state index in [2.05, 4.69) is 0 Å². The third-order valence-corrected chi connectivity index (χ3v) is 1.95. The summed E-state index contributed by atoms with van der Waals surface area (Å²) in [4.78, 5) is 16.7. The van der Waals surface area contributed by atoms with Gasteiger partial charge in [0.25, 0.3) is 0 Å². The monoisotopic (exact) mass is 192 g/mol. The van der Waals surface area contributed by atoms with Gasteiger partial charge in [-0.25, -0.2) is 0 Å². The van der Waals surface area contributed by atoms with Crippen molar-refractivity contribution < 1.29 is 14.4 Å². The van der Waals surface area contributed by atoms with Gasteiger partial charge >= 0.3 is 59.0 Å². The summed E-state index contributed by atoms with van der Waals surface area (Å²) < 4.78 is 10.2. The van der Waals surface area contributed by atoms with Crippen LogP contribution in [0.3, 0.4) is 0 Å². The second kappa shape index (κ2) is 7.44. The van der Waals surface area contributed by atoms with Gasteiger partial charge in [0, 0.05) is 6.16 Å². The number of hydrogen-bond acceptors (Lipinski definition) is 1. The molecule has 0 atom stereocenters. The van der Waals surface area contributed by atoms with Gasteiger partial charge in [-0.3, -0.25) is 4.57 Å². The van der Waals surface area contributed by atoms with Crippen LogP contribution < -0.4 is 0 Å². The van der Waals surface area contributed by atoms with Crippen molar-refractivity contribution in [2.75, 3.05) is 6.16 Å². The van der Waals surface area contributed by atoms with Gasteiger partial charge < -0.3 is 9.79 Å². The zero-order chi connectivity index (χ0) is 7.33. The molecule has 0 aliphatic rings. The van der Waals surface area contributed by atoms with Crippen molar-refractivity contribution >= 4 is 59.0 Å². The van der Waals surface area contributed by atoms with Crippen LogP contribution in [0.4, 0.5) is 0 Å². The number of rotatable bonds is 4. The van der Waals surface area contributed by atoms with E-state index >= 15 is 0 Å². The molecule has 0 amide bonds. The molecule has 5 heteroatoms. The molecule has 0 aromatic carbocycles. The Labute approximate surface area is 104 Å². The second-order valence-corrected chi connectivity index (χ2v) is 3.87. The molecule has 0 aromatic rings. The predicted molar refractivity (Wildman–Crippen MR) is 43.6 cm³/mol. The first-order valence-electron chi connectivity index (χ1n) is 3.11. The van der Waals surface area contributed by atoms with Crippen LogP contribution in [0.15, 0.2) is 0 Å². The topological polar surface area (TPSA) is 57.5 Å². The average Bonchev–Trinajstić information content (AvgIpc) is 1.63. The molecule has 0 rings (SSSR count). The van der Waals surface area contributed by atoms with Crippen LogP contribution in [0.2, 0.25) is 0 Å². The zero-order valence-electron chi connectivity index (χ0n) is 5.58. The molecule has 58 valence electrons. The maximum atomic E-state index is 10.2. The van der Waals surface area contributed by atoms with Gasteiger partial charge in [0.15, 0.2) is 0 Å². The number of unbranched alkanes of at least 4 members (excludes halogenated alkanes) is 2. The van der Waals surface area contributed by atoms with E-state index in [0.29, 0.717) is 6.42 Å². The maximum absolute atomic E-state index is 10.2. The van der Waals surface area contributed by atoms with Crippen LogP contribution in [0, 0.1) is 0 Å². The molecule has 0 aromatic heterocycles. The van der Waals surface area contributed by atoms with Crippen LogP contribution in [0.25, 0.3) is 0 Å². The fourth-order valence-electron chi connectivity index (χ4n) is 0.568. The summed E-state index contributed by atoms with van der Waals surface area (Å²) in [5.74, 6) is 0. The Hall–Kier alpha value is 1.79. The molecule has 0 spiro atoms. The molecule has 0 radical (unpaired) electrons. The molecule has 0 unspecified atom stereocenters. The van der Waals surface area contributed by atoms with Gasteiger partial charge in [0.1, 0.15) is 0 Å². The first-order chi connectivity index (χ1) is 4.06. The van der Waals surface area contributed by atoms with Gasteiger partial charge in [-0.05, 0) is 6.42 Å². The molecule has 0 bridgehead atoms. The summed E-state index contributed by atoms with van der Waals surface area (Å²) in [6.07, 6.45) is 2.59. The minimum atomic E-state index is -3.70. The molecular formula is C5H14KO3P.